The molecule has 2 aromatic rings. The molecule has 2 heterocycles. The summed E-state index contributed by atoms with van der Waals surface area (Å²) >= 11 is 0. The molecule has 0 spiro atoms. The molecule has 0 unspecified atom stereocenters. The molecule has 27 heavy (non-hydrogen) atoms. The van der Waals surface area contributed by atoms with Gasteiger partial charge in [0.05, 0.1) is 13.3 Å². The van der Waals surface area contributed by atoms with Crippen molar-refractivity contribution in [3.63, 3.8) is 0 Å². The lowest BCUT2D eigenvalue weighted by molar-refractivity contribution is 0.0488. The van der Waals surface area contributed by atoms with E-state index < -0.39 is 11.7 Å². The van der Waals surface area contributed by atoms with Crippen LogP contribution in [-0.4, -0.2) is 39.4 Å². The third kappa shape index (κ3) is 4.56. The minimum atomic E-state index is -0.519. The number of carbonyl (C=O) groups is 1. The number of nitrogens with zero attached hydrogens (tertiary/aromatic N) is 3. The van der Waals surface area contributed by atoms with Crippen LogP contribution in [0.2, 0.25) is 0 Å². The van der Waals surface area contributed by atoms with Crippen LogP contribution in [-0.2, 0) is 4.74 Å². The summed E-state index contributed by atoms with van der Waals surface area (Å²) in [7, 11) is 1.54. The highest BCUT2D eigenvalue weighted by Crippen LogP contribution is 2.29. The van der Waals surface area contributed by atoms with Crippen molar-refractivity contribution in [1.29, 1.82) is 0 Å². The van der Waals surface area contributed by atoms with E-state index >= 15 is 0 Å². The Morgan fingerprint density at radius 2 is 1.93 bits per heavy atom. The molecular formula is C19H26N4O4. The largest absolute Gasteiger partial charge is 0.481 e. The number of fused-ring (bicyclic) bond motifs is 1. The van der Waals surface area contributed by atoms with Crippen LogP contribution in [0.25, 0.3) is 11.2 Å². The minimum absolute atomic E-state index is 0.0132. The maximum Gasteiger partial charge on any atom is 0.407 e. The molecule has 0 atom stereocenters. The van der Waals surface area contributed by atoms with Crippen molar-refractivity contribution in [2.75, 3.05) is 7.11 Å². The quantitative estimate of drug-likeness (QED) is 0.888. The van der Waals surface area contributed by atoms with Gasteiger partial charge in [-0.2, -0.15) is 4.98 Å². The van der Waals surface area contributed by atoms with Crippen LogP contribution in [0.4, 0.5) is 4.79 Å². The predicted octanol–water partition coefficient (Wildman–Crippen LogP) is 2.81. The fourth-order valence-corrected chi connectivity index (χ4v) is 3.41. The van der Waals surface area contributed by atoms with E-state index in [4.69, 9.17) is 9.47 Å². The summed E-state index contributed by atoms with van der Waals surface area (Å²) < 4.78 is 12.2. The molecule has 2 aromatic heterocycles. The third-order valence-electron chi connectivity index (χ3n) is 4.60. The highest BCUT2D eigenvalue weighted by Gasteiger charge is 2.27. The number of pyridine rings is 1. The SMILES string of the molecule is COc1ccc2ncc(=O)n(C3CCC(NC(=O)OC(C)(C)C)CC3)c2n1. The molecule has 146 valence electrons. The van der Waals surface area contributed by atoms with Gasteiger partial charge in [-0.15, -0.1) is 0 Å². The molecule has 1 saturated carbocycles. The van der Waals surface area contributed by atoms with Crippen LogP contribution < -0.4 is 15.6 Å². The standard InChI is InChI=1S/C19H26N4O4/c1-19(2,3)27-18(25)21-12-5-7-13(8-6-12)23-16(24)11-20-14-9-10-15(26-4)22-17(14)23/h9-13H,5-8H2,1-4H3,(H,21,25). The maximum absolute atomic E-state index is 12.5. The lowest BCUT2D eigenvalue weighted by Crippen LogP contribution is -2.41. The zero-order valence-corrected chi connectivity index (χ0v) is 16.2. The first-order valence-corrected chi connectivity index (χ1v) is 9.18. The monoisotopic (exact) mass is 374 g/mol. The van der Waals surface area contributed by atoms with Crippen molar-refractivity contribution in [3.8, 4) is 5.88 Å². The summed E-state index contributed by atoms with van der Waals surface area (Å²) in [6.45, 7) is 5.52. The van der Waals surface area contributed by atoms with Gasteiger partial charge in [0.2, 0.25) is 5.88 Å². The normalized spacial score (nSPS) is 20.3. The van der Waals surface area contributed by atoms with Crippen molar-refractivity contribution < 1.29 is 14.3 Å². The van der Waals surface area contributed by atoms with Gasteiger partial charge in [-0.1, -0.05) is 0 Å². The highest BCUT2D eigenvalue weighted by atomic mass is 16.6. The molecule has 0 radical (unpaired) electrons. The Kier molecular flexibility index (Phi) is 5.34. The summed E-state index contributed by atoms with van der Waals surface area (Å²) in [5, 5.41) is 2.92. The van der Waals surface area contributed by atoms with E-state index in [2.05, 4.69) is 15.3 Å². The number of nitrogens with one attached hydrogen (secondary N) is 1. The van der Waals surface area contributed by atoms with Gasteiger partial charge < -0.3 is 14.8 Å². The topological polar surface area (TPSA) is 95.3 Å². The Labute approximate surface area is 157 Å². The number of methoxy groups -OCH3 is 1. The van der Waals surface area contributed by atoms with Crippen molar-refractivity contribution in [1.82, 2.24) is 19.9 Å². The second-order valence-corrected chi connectivity index (χ2v) is 7.81. The van der Waals surface area contributed by atoms with Gasteiger partial charge in [-0.25, -0.2) is 9.78 Å². The van der Waals surface area contributed by atoms with Crippen LogP contribution >= 0.6 is 0 Å². The number of carbonyl (C=O) groups excluding carboxylic acids is 1. The van der Waals surface area contributed by atoms with Crippen molar-refractivity contribution in [2.24, 2.45) is 0 Å². The van der Waals surface area contributed by atoms with Gasteiger partial charge in [0, 0.05) is 18.2 Å². The lowest BCUT2D eigenvalue weighted by Gasteiger charge is -2.31. The molecule has 0 bridgehead atoms. The molecule has 0 aliphatic heterocycles. The van der Waals surface area contributed by atoms with Crippen LogP contribution in [0, 0.1) is 0 Å². The smallest absolute Gasteiger partial charge is 0.407 e. The van der Waals surface area contributed by atoms with Gasteiger partial charge >= 0.3 is 6.09 Å². The molecule has 8 heteroatoms. The van der Waals surface area contributed by atoms with E-state index in [1.165, 1.54) is 6.20 Å². The van der Waals surface area contributed by atoms with E-state index in [1.54, 1.807) is 23.8 Å². The Morgan fingerprint density at radius 1 is 1.22 bits per heavy atom. The van der Waals surface area contributed by atoms with Gasteiger partial charge in [0.25, 0.3) is 5.56 Å². The summed E-state index contributed by atoms with van der Waals surface area (Å²) in [6.07, 6.45) is 4.00. The Bertz CT molecular complexity index is 879. The second-order valence-electron chi connectivity index (χ2n) is 7.81. The van der Waals surface area contributed by atoms with Crippen molar-refractivity contribution >= 4 is 17.3 Å². The number of hydrogen-bond donors (Lipinski definition) is 1. The fourth-order valence-electron chi connectivity index (χ4n) is 3.41. The average Bonchev–Trinajstić information content (AvgIpc) is 2.60. The van der Waals surface area contributed by atoms with Crippen LogP contribution in [0.1, 0.15) is 52.5 Å². The Hall–Kier alpha value is -2.64. The number of alkyl carbamates (subject to hydrolysis) is 1. The first kappa shape index (κ1) is 19.1. The van der Waals surface area contributed by atoms with E-state index in [9.17, 15) is 9.59 Å². The summed E-state index contributed by atoms with van der Waals surface area (Å²) in [4.78, 5) is 33.0. The van der Waals surface area contributed by atoms with Crippen LogP contribution in [0.3, 0.4) is 0 Å². The number of rotatable bonds is 3. The molecule has 1 fully saturated rings. The highest BCUT2D eigenvalue weighted by molar-refractivity contribution is 5.70. The number of aromatic nitrogens is 3. The Morgan fingerprint density at radius 3 is 2.56 bits per heavy atom. The van der Waals surface area contributed by atoms with Crippen LogP contribution in [0.5, 0.6) is 5.88 Å². The molecule has 1 aliphatic carbocycles. The number of hydrogen-bond acceptors (Lipinski definition) is 6. The molecule has 1 aliphatic rings. The summed E-state index contributed by atoms with van der Waals surface area (Å²) in [5.74, 6) is 0.448. The summed E-state index contributed by atoms with van der Waals surface area (Å²) in [6, 6.07) is 3.58. The minimum Gasteiger partial charge on any atom is -0.481 e. The first-order valence-electron chi connectivity index (χ1n) is 9.18. The number of ether oxygens (including phenoxy) is 2. The number of amides is 1. The lowest BCUT2D eigenvalue weighted by atomic mass is 9.91. The average molecular weight is 374 g/mol. The molecule has 1 amide bonds. The molecular weight excluding hydrogens is 348 g/mol. The van der Waals surface area contributed by atoms with Gasteiger partial charge in [0.15, 0.2) is 5.65 Å². The zero-order valence-electron chi connectivity index (χ0n) is 16.2. The molecule has 0 saturated heterocycles. The van der Waals surface area contributed by atoms with Crippen molar-refractivity contribution in [3.05, 3.63) is 28.7 Å². The van der Waals surface area contributed by atoms with Gasteiger partial charge in [0.1, 0.15) is 11.1 Å². The first-order chi connectivity index (χ1) is 12.8. The molecule has 1 N–H and O–H groups in total. The van der Waals surface area contributed by atoms with Gasteiger partial charge in [-0.05, 0) is 52.5 Å². The second kappa shape index (κ2) is 7.54. The van der Waals surface area contributed by atoms with E-state index in [0.29, 0.717) is 17.0 Å². The fraction of sp³-hybridized carbons (Fsp3) is 0.579. The van der Waals surface area contributed by atoms with Crippen LogP contribution in [0.15, 0.2) is 23.1 Å². The molecule has 8 nitrogen and oxygen atoms in total. The maximum atomic E-state index is 12.5. The van der Waals surface area contributed by atoms with E-state index in [-0.39, 0.29) is 17.6 Å². The van der Waals surface area contributed by atoms with Crippen molar-refractivity contribution in [2.45, 2.75) is 64.1 Å². The molecule has 0 aromatic carbocycles. The van der Waals surface area contributed by atoms with E-state index in [0.717, 1.165) is 25.7 Å². The van der Waals surface area contributed by atoms with Gasteiger partial charge in [-0.3, -0.25) is 9.36 Å². The Balaban J connectivity index is 1.74. The molecule has 3 rings (SSSR count). The predicted molar refractivity (Wildman–Crippen MR) is 101 cm³/mol. The summed E-state index contributed by atoms with van der Waals surface area (Å²) in [5.41, 5.74) is 0.497. The zero-order chi connectivity index (χ0) is 19.6. The third-order valence-corrected chi connectivity index (χ3v) is 4.60. The van der Waals surface area contributed by atoms with E-state index in [1.807, 2.05) is 20.8 Å².